The first-order valence-corrected chi connectivity index (χ1v) is 13.2. The Labute approximate surface area is 201 Å². The van der Waals surface area contributed by atoms with E-state index >= 15 is 0 Å². The van der Waals surface area contributed by atoms with Crippen molar-refractivity contribution in [3.8, 4) is 0 Å². The molecule has 0 aliphatic rings. The Morgan fingerprint density at radius 3 is 2.61 bits per heavy atom. The molecular formula is C24H22ClN3O3S2. The van der Waals surface area contributed by atoms with E-state index in [1.165, 1.54) is 23.5 Å². The van der Waals surface area contributed by atoms with Gasteiger partial charge < -0.3 is 0 Å². The summed E-state index contributed by atoms with van der Waals surface area (Å²) in [6.07, 6.45) is 1.96. The molecule has 0 bridgehead atoms. The summed E-state index contributed by atoms with van der Waals surface area (Å²) in [6, 6.07) is 17.5. The van der Waals surface area contributed by atoms with Crippen LogP contribution in [0.3, 0.4) is 0 Å². The number of thiazole rings is 1. The van der Waals surface area contributed by atoms with Crippen molar-refractivity contribution in [1.29, 1.82) is 0 Å². The monoisotopic (exact) mass is 499 g/mol. The molecular weight excluding hydrogens is 478 g/mol. The second-order valence-electron chi connectivity index (χ2n) is 7.64. The van der Waals surface area contributed by atoms with E-state index in [4.69, 9.17) is 11.6 Å². The minimum Gasteiger partial charge on any atom is -0.282 e. The summed E-state index contributed by atoms with van der Waals surface area (Å²) in [4.78, 5) is 24.0. The van der Waals surface area contributed by atoms with E-state index in [0.717, 1.165) is 21.5 Å². The van der Waals surface area contributed by atoms with E-state index in [2.05, 4.69) is 9.97 Å². The number of anilines is 1. The highest BCUT2D eigenvalue weighted by atomic mass is 35.5. The SMILES string of the molecule is Cc1ccc2nc(N(Cc3ccccn3)C(=O)CCCS(=O)(=O)c3ccc(Cl)cc3)sc2c1. The van der Waals surface area contributed by atoms with Gasteiger partial charge in [0.05, 0.1) is 33.1 Å². The van der Waals surface area contributed by atoms with Gasteiger partial charge in [-0.25, -0.2) is 13.4 Å². The molecule has 1 amide bonds. The molecule has 0 radical (unpaired) electrons. The van der Waals surface area contributed by atoms with Crippen LogP contribution in [0.5, 0.6) is 0 Å². The van der Waals surface area contributed by atoms with Crippen molar-refractivity contribution in [2.45, 2.75) is 31.2 Å². The average Bonchev–Trinajstić information content (AvgIpc) is 3.21. The molecule has 0 saturated heterocycles. The van der Waals surface area contributed by atoms with E-state index < -0.39 is 9.84 Å². The van der Waals surface area contributed by atoms with Crippen LogP contribution in [0.4, 0.5) is 5.13 Å². The minimum atomic E-state index is -3.50. The van der Waals surface area contributed by atoms with Crippen molar-refractivity contribution < 1.29 is 13.2 Å². The van der Waals surface area contributed by atoms with Gasteiger partial charge in [-0.1, -0.05) is 35.1 Å². The molecule has 170 valence electrons. The Bertz CT molecular complexity index is 1370. The number of aromatic nitrogens is 2. The molecule has 0 N–H and O–H groups in total. The molecule has 4 rings (SSSR count). The molecule has 0 aliphatic heterocycles. The number of halogens is 1. The maximum absolute atomic E-state index is 13.2. The fourth-order valence-corrected chi connectivity index (χ4v) is 5.88. The van der Waals surface area contributed by atoms with Crippen molar-refractivity contribution in [1.82, 2.24) is 9.97 Å². The third-order valence-electron chi connectivity index (χ3n) is 5.09. The second kappa shape index (κ2) is 9.99. The zero-order chi connectivity index (χ0) is 23.4. The fraction of sp³-hybridized carbons (Fsp3) is 0.208. The number of fused-ring (bicyclic) bond motifs is 1. The summed E-state index contributed by atoms with van der Waals surface area (Å²) in [6.45, 7) is 2.28. The van der Waals surface area contributed by atoms with Crippen LogP contribution >= 0.6 is 22.9 Å². The predicted octanol–water partition coefficient (Wildman–Crippen LogP) is 5.44. The number of hydrogen-bond acceptors (Lipinski definition) is 6. The van der Waals surface area contributed by atoms with Crippen molar-refractivity contribution in [3.63, 3.8) is 0 Å². The number of amides is 1. The van der Waals surface area contributed by atoms with Gasteiger partial charge in [-0.3, -0.25) is 14.7 Å². The van der Waals surface area contributed by atoms with E-state index in [-0.39, 0.29) is 35.9 Å². The molecule has 0 aliphatic carbocycles. The Morgan fingerprint density at radius 2 is 1.88 bits per heavy atom. The number of carbonyl (C=O) groups excluding carboxylic acids is 1. The topological polar surface area (TPSA) is 80.2 Å². The van der Waals surface area contributed by atoms with Gasteiger partial charge in [0.25, 0.3) is 0 Å². The summed E-state index contributed by atoms with van der Waals surface area (Å²) in [5.74, 6) is -0.320. The highest BCUT2D eigenvalue weighted by molar-refractivity contribution is 7.91. The van der Waals surface area contributed by atoms with Crippen molar-refractivity contribution in [2.24, 2.45) is 0 Å². The van der Waals surface area contributed by atoms with Gasteiger partial charge in [-0.15, -0.1) is 0 Å². The third-order valence-corrected chi connectivity index (χ3v) is 8.20. The standard InChI is InChI=1S/C24H22ClN3O3S2/c1-17-7-12-21-22(15-17)32-24(27-21)28(16-19-5-2-3-13-26-19)23(29)6-4-14-33(30,31)20-10-8-18(25)9-11-20/h2-3,5,7-13,15H,4,6,14,16H2,1H3. The third kappa shape index (κ3) is 5.76. The molecule has 6 nitrogen and oxygen atoms in total. The molecule has 0 fully saturated rings. The molecule has 0 atom stereocenters. The van der Waals surface area contributed by atoms with Gasteiger partial charge in [0.1, 0.15) is 0 Å². The van der Waals surface area contributed by atoms with Crippen molar-refractivity contribution in [2.75, 3.05) is 10.7 Å². The van der Waals surface area contributed by atoms with Crippen LogP contribution in [0.1, 0.15) is 24.1 Å². The Hall–Kier alpha value is -2.81. The van der Waals surface area contributed by atoms with Crippen LogP contribution in [0.15, 0.2) is 71.8 Å². The summed E-state index contributed by atoms with van der Waals surface area (Å²) < 4.78 is 26.2. The molecule has 0 saturated carbocycles. The first-order valence-electron chi connectivity index (χ1n) is 10.4. The summed E-state index contributed by atoms with van der Waals surface area (Å²) in [7, 11) is -3.50. The van der Waals surface area contributed by atoms with Crippen LogP contribution in [0, 0.1) is 6.92 Å². The first-order chi connectivity index (χ1) is 15.8. The lowest BCUT2D eigenvalue weighted by molar-refractivity contribution is -0.118. The van der Waals surface area contributed by atoms with Crippen LogP contribution in [0.25, 0.3) is 10.2 Å². The van der Waals surface area contributed by atoms with Gasteiger partial charge >= 0.3 is 0 Å². The van der Waals surface area contributed by atoms with Gasteiger partial charge in [0.2, 0.25) is 5.91 Å². The normalized spacial score (nSPS) is 11.6. The second-order valence-corrected chi connectivity index (χ2v) is 11.2. The fourth-order valence-electron chi connectivity index (χ4n) is 3.36. The number of benzene rings is 2. The van der Waals surface area contributed by atoms with Crippen LogP contribution in [-0.2, 0) is 21.2 Å². The van der Waals surface area contributed by atoms with E-state index in [9.17, 15) is 13.2 Å². The lowest BCUT2D eigenvalue weighted by atomic mass is 10.2. The van der Waals surface area contributed by atoms with Crippen LogP contribution in [0.2, 0.25) is 5.02 Å². The van der Waals surface area contributed by atoms with Crippen molar-refractivity contribution in [3.05, 3.63) is 83.1 Å². The largest absolute Gasteiger partial charge is 0.282 e. The van der Waals surface area contributed by atoms with Crippen LogP contribution in [-0.4, -0.2) is 30.0 Å². The minimum absolute atomic E-state index is 0.0780. The Morgan fingerprint density at radius 1 is 1.09 bits per heavy atom. The Balaban J connectivity index is 1.52. The van der Waals surface area contributed by atoms with E-state index in [1.54, 1.807) is 23.2 Å². The zero-order valence-corrected chi connectivity index (χ0v) is 20.3. The van der Waals surface area contributed by atoms with Crippen molar-refractivity contribution >= 4 is 54.0 Å². The first kappa shape index (κ1) is 23.4. The molecule has 0 unspecified atom stereocenters. The highest BCUT2D eigenvalue weighted by Crippen LogP contribution is 2.31. The van der Waals surface area contributed by atoms with E-state index in [0.29, 0.717) is 10.2 Å². The maximum atomic E-state index is 13.2. The molecule has 4 aromatic rings. The van der Waals surface area contributed by atoms with Gasteiger partial charge in [0, 0.05) is 17.6 Å². The lowest BCUT2D eigenvalue weighted by Gasteiger charge is -2.19. The smallest absolute Gasteiger partial charge is 0.229 e. The number of pyridine rings is 1. The predicted molar refractivity (Wildman–Crippen MR) is 133 cm³/mol. The molecule has 2 aromatic heterocycles. The lowest BCUT2D eigenvalue weighted by Crippen LogP contribution is -2.30. The number of nitrogens with zero attached hydrogens (tertiary/aromatic N) is 3. The maximum Gasteiger partial charge on any atom is 0.229 e. The quantitative estimate of drug-likeness (QED) is 0.322. The number of carbonyl (C=O) groups is 1. The summed E-state index contributed by atoms with van der Waals surface area (Å²) in [5, 5.41) is 1.05. The van der Waals surface area contributed by atoms with E-state index in [1.807, 2.05) is 43.3 Å². The van der Waals surface area contributed by atoms with Gasteiger partial charge in [-0.2, -0.15) is 0 Å². The molecule has 33 heavy (non-hydrogen) atoms. The Kier molecular flexibility index (Phi) is 7.07. The number of hydrogen-bond donors (Lipinski definition) is 0. The number of rotatable bonds is 8. The zero-order valence-electron chi connectivity index (χ0n) is 17.9. The molecule has 2 aromatic carbocycles. The molecule has 2 heterocycles. The molecule has 0 spiro atoms. The molecule has 9 heteroatoms. The van der Waals surface area contributed by atoms with Crippen LogP contribution < -0.4 is 4.90 Å². The summed E-state index contributed by atoms with van der Waals surface area (Å²) >= 11 is 7.29. The van der Waals surface area contributed by atoms with Gasteiger partial charge in [0.15, 0.2) is 15.0 Å². The average molecular weight is 500 g/mol. The summed E-state index contributed by atoms with van der Waals surface area (Å²) in [5.41, 5.74) is 2.67. The highest BCUT2D eigenvalue weighted by Gasteiger charge is 2.22. The van der Waals surface area contributed by atoms with Gasteiger partial charge in [-0.05, 0) is 67.4 Å². The number of aryl methyl sites for hydroxylation is 1. The number of sulfone groups is 1.